The standard InChI is InChI=1S/C26H44O/c1-3-5-21-8-14-24(15-9-21)25-16-10-22(11-17-25)6-7-23-12-18-26(19-13-23)27-20-4-2/h21-26H,3-5,8-20H2,1-2H3. The maximum Gasteiger partial charge on any atom is 0.0576 e. The fourth-order valence-corrected chi connectivity index (χ4v) is 5.99. The van der Waals surface area contributed by atoms with Gasteiger partial charge >= 0.3 is 0 Å². The van der Waals surface area contributed by atoms with E-state index in [2.05, 4.69) is 25.7 Å². The summed E-state index contributed by atoms with van der Waals surface area (Å²) in [7, 11) is 0. The quantitative estimate of drug-likeness (QED) is 0.442. The second kappa shape index (κ2) is 11.5. The SMILES string of the molecule is CCCOC1CCC(C#CC2CCC(C3CCC(CCC)CC3)CC2)CC1. The van der Waals surface area contributed by atoms with Crippen LogP contribution in [0.2, 0.25) is 0 Å². The van der Waals surface area contributed by atoms with Crippen LogP contribution in [0.15, 0.2) is 0 Å². The molecule has 3 aliphatic carbocycles. The molecule has 0 aromatic rings. The molecule has 0 heterocycles. The van der Waals surface area contributed by atoms with Gasteiger partial charge in [0.2, 0.25) is 0 Å². The molecule has 0 aromatic carbocycles. The summed E-state index contributed by atoms with van der Waals surface area (Å²) in [5.41, 5.74) is 0. The van der Waals surface area contributed by atoms with Crippen molar-refractivity contribution in [2.24, 2.45) is 29.6 Å². The van der Waals surface area contributed by atoms with Gasteiger partial charge in [0.05, 0.1) is 6.10 Å². The molecule has 0 aliphatic heterocycles. The van der Waals surface area contributed by atoms with Crippen molar-refractivity contribution >= 4 is 0 Å². The number of hydrogen-bond acceptors (Lipinski definition) is 1. The van der Waals surface area contributed by atoms with E-state index in [1.807, 2.05) is 0 Å². The third-order valence-corrected chi connectivity index (χ3v) is 7.75. The fourth-order valence-electron chi connectivity index (χ4n) is 5.99. The summed E-state index contributed by atoms with van der Waals surface area (Å²) in [6.07, 6.45) is 21.2. The van der Waals surface area contributed by atoms with Crippen LogP contribution < -0.4 is 0 Å². The van der Waals surface area contributed by atoms with Crippen LogP contribution in [0.25, 0.3) is 0 Å². The largest absolute Gasteiger partial charge is 0.378 e. The van der Waals surface area contributed by atoms with Gasteiger partial charge in [0.1, 0.15) is 0 Å². The molecule has 0 saturated heterocycles. The average molecular weight is 373 g/mol. The number of rotatable bonds is 6. The molecule has 0 unspecified atom stereocenters. The van der Waals surface area contributed by atoms with Crippen molar-refractivity contribution in [1.29, 1.82) is 0 Å². The molecule has 27 heavy (non-hydrogen) atoms. The highest BCUT2D eigenvalue weighted by atomic mass is 16.5. The van der Waals surface area contributed by atoms with Crippen LogP contribution in [-0.2, 0) is 4.74 Å². The van der Waals surface area contributed by atoms with Crippen molar-refractivity contribution in [2.45, 2.75) is 116 Å². The van der Waals surface area contributed by atoms with Crippen molar-refractivity contribution in [1.82, 2.24) is 0 Å². The van der Waals surface area contributed by atoms with Crippen LogP contribution in [0, 0.1) is 41.4 Å². The van der Waals surface area contributed by atoms with E-state index in [0.29, 0.717) is 17.9 Å². The first-order chi connectivity index (χ1) is 13.3. The Labute approximate surface area is 169 Å². The van der Waals surface area contributed by atoms with Gasteiger partial charge in [0.15, 0.2) is 0 Å². The lowest BCUT2D eigenvalue weighted by Crippen LogP contribution is -2.25. The minimum absolute atomic E-state index is 0.519. The highest BCUT2D eigenvalue weighted by Crippen LogP contribution is 2.42. The Morgan fingerprint density at radius 1 is 0.630 bits per heavy atom. The van der Waals surface area contributed by atoms with Gasteiger partial charge in [-0.25, -0.2) is 0 Å². The summed E-state index contributed by atoms with van der Waals surface area (Å²) in [5, 5.41) is 0. The first kappa shape index (κ1) is 21.2. The van der Waals surface area contributed by atoms with Gasteiger partial charge in [-0.15, -0.1) is 0 Å². The summed E-state index contributed by atoms with van der Waals surface area (Å²) < 4.78 is 5.92. The zero-order valence-corrected chi connectivity index (χ0v) is 18.2. The van der Waals surface area contributed by atoms with Gasteiger partial charge in [-0.05, 0) is 88.4 Å². The normalized spacial score (nSPS) is 37.4. The van der Waals surface area contributed by atoms with E-state index in [-0.39, 0.29) is 0 Å². The van der Waals surface area contributed by atoms with E-state index in [1.54, 1.807) is 0 Å². The van der Waals surface area contributed by atoms with Gasteiger partial charge in [0, 0.05) is 18.4 Å². The molecule has 3 saturated carbocycles. The van der Waals surface area contributed by atoms with Gasteiger partial charge in [0.25, 0.3) is 0 Å². The number of ether oxygens (including phenoxy) is 1. The van der Waals surface area contributed by atoms with Crippen LogP contribution in [0.1, 0.15) is 110 Å². The first-order valence-electron chi connectivity index (χ1n) is 12.4. The van der Waals surface area contributed by atoms with Gasteiger partial charge < -0.3 is 4.74 Å². The van der Waals surface area contributed by atoms with Gasteiger partial charge in [-0.2, -0.15) is 0 Å². The van der Waals surface area contributed by atoms with E-state index in [0.717, 1.165) is 30.8 Å². The topological polar surface area (TPSA) is 9.23 Å². The lowest BCUT2D eigenvalue weighted by atomic mass is 9.69. The molecular weight excluding hydrogens is 328 g/mol. The lowest BCUT2D eigenvalue weighted by Gasteiger charge is -2.37. The Kier molecular flexibility index (Phi) is 9.05. The molecule has 0 aromatic heterocycles. The van der Waals surface area contributed by atoms with Crippen LogP contribution in [0.3, 0.4) is 0 Å². The van der Waals surface area contributed by atoms with E-state index in [4.69, 9.17) is 4.74 Å². The molecule has 1 nitrogen and oxygen atoms in total. The average Bonchev–Trinajstić information content (AvgIpc) is 2.73. The number of hydrogen-bond donors (Lipinski definition) is 0. The molecule has 3 aliphatic rings. The van der Waals surface area contributed by atoms with E-state index >= 15 is 0 Å². The van der Waals surface area contributed by atoms with Crippen LogP contribution in [0.4, 0.5) is 0 Å². The van der Waals surface area contributed by atoms with Crippen molar-refractivity contribution in [3.63, 3.8) is 0 Å². The maximum absolute atomic E-state index is 5.92. The molecule has 0 bridgehead atoms. The predicted octanol–water partition coefficient (Wildman–Crippen LogP) is 7.39. The first-order valence-corrected chi connectivity index (χ1v) is 12.4. The Morgan fingerprint density at radius 2 is 1.15 bits per heavy atom. The van der Waals surface area contributed by atoms with Crippen molar-refractivity contribution in [3.05, 3.63) is 0 Å². The minimum Gasteiger partial charge on any atom is -0.378 e. The molecule has 154 valence electrons. The van der Waals surface area contributed by atoms with Gasteiger partial charge in [-0.3, -0.25) is 0 Å². The molecule has 0 atom stereocenters. The Morgan fingerprint density at radius 3 is 1.67 bits per heavy atom. The van der Waals surface area contributed by atoms with Crippen LogP contribution in [0.5, 0.6) is 0 Å². The highest BCUT2D eigenvalue weighted by molar-refractivity contribution is 5.09. The Hall–Kier alpha value is -0.480. The molecular formula is C26H44O. The summed E-state index contributed by atoms with van der Waals surface area (Å²) in [4.78, 5) is 0. The molecule has 3 rings (SSSR count). The minimum atomic E-state index is 0.519. The molecule has 0 N–H and O–H groups in total. The molecule has 3 fully saturated rings. The smallest absolute Gasteiger partial charge is 0.0576 e. The molecule has 0 amide bonds. The van der Waals surface area contributed by atoms with Crippen molar-refractivity contribution in [2.75, 3.05) is 6.61 Å². The lowest BCUT2D eigenvalue weighted by molar-refractivity contribution is 0.0234. The van der Waals surface area contributed by atoms with E-state index in [1.165, 1.54) is 89.9 Å². The molecule has 0 spiro atoms. The summed E-state index contributed by atoms with van der Waals surface area (Å²) >= 11 is 0. The Bertz CT molecular complexity index is 448. The highest BCUT2D eigenvalue weighted by Gasteiger charge is 2.30. The van der Waals surface area contributed by atoms with Crippen LogP contribution in [-0.4, -0.2) is 12.7 Å². The summed E-state index contributed by atoms with van der Waals surface area (Å²) in [6.45, 7) is 5.48. The van der Waals surface area contributed by atoms with E-state index < -0.39 is 0 Å². The third kappa shape index (κ3) is 6.81. The molecule has 0 radical (unpaired) electrons. The van der Waals surface area contributed by atoms with Crippen molar-refractivity contribution in [3.8, 4) is 11.8 Å². The zero-order valence-electron chi connectivity index (χ0n) is 18.2. The second-order valence-electron chi connectivity index (χ2n) is 9.81. The fraction of sp³-hybridized carbons (Fsp3) is 0.923. The van der Waals surface area contributed by atoms with E-state index in [9.17, 15) is 0 Å². The molecule has 1 heteroatoms. The third-order valence-electron chi connectivity index (χ3n) is 7.75. The predicted molar refractivity (Wildman–Crippen MR) is 116 cm³/mol. The Balaban J connectivity index is 1.33. The van der Waals surface area contributed by atoms with Crippen molar-refractivity contribution < 1.29 is 4.74 Å². The second-order valence-corrected chi connectivity index (χ2v) is 9.81. The zero-order chi connectivity index (χ0) is 18.9. The monoisotopic (exact) mass is 372 g/mol. The van der Waals surface area contributed by atoms with Crippen LogP contribution >= 0.6 is 0 Å². The van der Waals surface area contributed by atoms with Gasteiger partial charge in [-0.1, -0.05) is 51.4 Å². The maximum atomic E-state index is 5.92. The summed E-state index contributed by atoms with van der Waals surface area (Å²) in [6, 6.07) is 0. The summed E-state index contributed by atoms with van der Waals surface area (Å²) in [5.74, 6) is 11.9.